The first kappa shape index (κ1) is 18.9. The number of rotatable bonds is 3. The molecule has 0 saturated carbocycles. The van der Waals surface area contributed by atoms with Crippen molar-refractivity contribution in [3.8, 4) is 0 Å². The second-order valence-corrected chi connectivity index (χ2v) is 5.66. The maximum Gasteiger partial charge on any atom is 0.0135 e. The quantitative estimate of drug-likeness (QED) is 0.571. The van der Waals surface area contributed by atoms with E-state index in [2.05, 4.69) is 61.7 Å². The minimum atomic E-state index is 0. The summed E-state index contributed by atoms with van der Waals surface area (Å²) in [4.78, 5) is 0. The SMILES string of the molecule is C(C=Cc1ccccc1)=Cc1ccccc1.C[SiH2]C.[Ti]. The van der Waals surface area contributed by atoms with Crippen LogP contribution in [0.3, 0.4) is 0 Å². The van der Waals surface area contributed by atoms with E-state index >= 15 is 0 Å². The molecule has 0 unspecified atom stereocenters. The van der Waals surface area contributed by atoms with Crippen LogP contribution < -0.4 is 0 Å². The number of allylic oxidation sites excluding steroid dienone is 2. The summed E-state index contributed by atoms with van der Waals surface area (Å²) in [5, 5.41) is 0. The summed E-state index contributed by atoms with van der Waals surface area (Å²) in [6, 6.07) is 20.6. The van der Waals surface area contributed by atoms with Gasteiger partial charge in [-0.05, 0) is 11.1 Å². The first-order valence-corrected chi connectivity index (χ1v) is 9.64. The predicted molar refractivity (Wildman–Crippen MR) is 91.2 cm³/mol. The molecule has 0 aliphatic carbocycles. The molecule has 0 fully saturated rings. The van der Waals surface area contributed by atoms with Crippen molar-refractivity contribution in [1.82, 2.24) is 0 Å². The van der Waals surface area contributed by atoms with Crippen molar-refractivity contribution in [2.75, 3.05) is 0 Å². The molecule has 102 valence electrons. The Hall–Kier alpha value is -1.15. The van der Waals surface area contributed by atoms with Gasteiger partial charge in [0.1, 0.15) is 0 Å². The molecule has 20 heavy (non-hydrogen) atoms. The molecule has 0 N–H and O–H groups in total. The van der Waals surface area contributed by atoms with E-state index in [0.717, 1.165) is 0 Å². The van der Waals surface area contributed by atoms with Crippen LogP contribution in [0.2, 0.25) is 13.1 Å². The molecule has 0 radical (unpaired) electrons. The van der Waals surface area contributed by atoms with Crippen LogP contribution in [0.1, 0.15) is 11.1 Å². The standard InChI is InChI=1S/C16H14.C2H8Si.Ti/c1-3-9-15(10-4-1)13-7-8-14-16-11-5-2-6-12-16;1-3-2;/h1-14H;3H2,1-2H3;. The van der Waals surface area contributed by atoms with Gasteiger partial charge in [-0.1, -0.05) is 98.1 Å². The topological polar surface area (TPSA) is 0 Å². The summed E-state index contributed by atoms with van der Waals surface area (Å²) in [6.07, 6.45) is 8.31. The van der Waals surface area contributed by atoms with Gasteiger partial charge in [-0.25, -0.2) is 0 Å². The Morgan fingerprint density at radius 2 is 0.950 bits per heavy atom. The molecule has 0 aromatic heterocycles. The molecule has 0 bridgehead atoms. The van der Waals surface area contributed by atoms with E-state index in [1.807, 2.05) is 36.4 Å². The number of hydrogen-bond acceptors (Lipinski definition) is 0. The zero-order chi connectivity index (χ0) is 13.8. The average Bonchev–Trinajstić information content (AvgIpc) is 2.47. The van der Waals surface area contributed by atoms with Crippen LogP contribution in [0.15, 0.2) is 72.8 Å². The van der Waals surface area contributed by atoms with Gasteiger partial charge in [-0.3, -0.25) is 0 Å². The zero-order valence-electron chi connectivity index (χ0n) is 12.3. The Balaban J connectivity index is 0.000000830. The summed E-state index contributed by atoms with van der Waals surface area (Å²) in [6.45, 7) is 4.53. The summed E-state index contributed by atoms with van der Waals surface area (Å²) < 4.78 is 0. The fourth-order valence-electron chi connectivity index (χ4n) is 1.46. The van der Waals surface area contributed by atoms with Gasteiger partial charge < -0.3 is 0 Å². The van der Waals surface area contributed by atoms with E-state index in [1.54, 1.807) is 0 Å². The van der Waals surface area contributed by atoms with Crippen LogP contribution in [-0.2, 0) is 21.7 Å². The predicted octanol–water partition coefficient (Wildman–Crippen LogP) is 4.66. The van der Waals surface area contributed by atoms with Crippen molar-refractivity contribution in [3.63, 3.8) is 0 Å². The van der Waals surface area contributed by atoms with Crippen LogP contribution in [0.5, 0.6) is 0 Å². The van der Waals surface area contributed by atoms with Crippen LogP contribution in [-0.4, -0.2) is 9.52 Å². The summed E-state index contributed by atoms with van der Waals surface area (Å²) in [7, 11) is 0.417. The molecule has 2 aromatic carbocycles. The van der Waals surface area contributed by atoms with E-state index in [1.165, 1.54) is 11.1 Å². The van der Waals surface area contributed by atoms with Crippen LogP contribution >= 0.6 is 0 Å². The van der Waals surface area contributed by atoms with Crippen LogP contribution in [0, 0.1) is 0 Å². The molecule has 0 aliphatic rings. The summed E-state index contributed by atoms with van der Waals surface area (Å²) >= 11 is 0. The second-order valence-electron chi connectivity index (χ2n) is 4.25. The zero-order valence-corrected chi connectivity index (χ0v) is 15.3. The molecule has 2 heteroatoms. The van der Waals surface area contributed by atoms with Gasteiger partial charge in [0, 0.05) is 31.2 Å². The van der Waals surface area contributed by atoms with Crippen LogP contribution in [0.4, 0.5) is 0 Å². The largest absolute Gasteiger partial charge is 0.0750 e. The molecular formula is C18H22SiTi. The third-order valence-corrected chi connectivity index (χ3v) is 2.29. The molecule has 0 aliphatic heterocycles. The van der Waals surface area contributed by atoms with Crippen molar-refractivity contribution in [2.45, 2.75) is 13.1 Å². The van der Waals surface area contributed by atoms with Gasteiger partial charge in [-0.15, -0.1) is 0 Å². The maximum atomic E-state index is 2.26. The number of benzene rings is 2. The van der Waals surface area contributed by atoms with Crippen molar-refractivity contribution in [3.05, 3.63) is 83.9 Å². The molecule has 0 atom stereocenters. The third-order valence-electron chi connectivity index (χ3n) is 2.29. The Labute approximate surface area is 140 Å². The molecule has 0 heterocycles. The Kier molecular flexibility index (Phi) is 12.1. The maximum absolute atomic E-state index is 2.26. The summed E-state index contributed by atoms with van der Waals surface area (Å²) in [5.41, 5.74) is 2.44. The van der Waals surface area contributed by atoms with E-state index < -0.39 is 0 Å². The van der Waals surface area contributed by atoms with Crippen molar-refractivity contribution < 1.29 is 21.7 Å². The van der Waals surface area contributed by atoms with Gasteiger partial charge in [0.25, 0.3) is 0 Å². The fraction of sp³-hybridized carbons (Fsp3) is 0.111. The van der Waals surface area contributed by atoms with Gasteiger partial charge in [0.15, 0.2) is 0 Å². The normalized spacial score (nSPS) is 9.90. The van der Waals surface area contributed by atoms with Gasteiger partial charge in [0.05, 0.1) is 0 Å². The summed E-state index contributed by atoms with van der Waals surface area (Å²) in [5.74, 6) is 0. The molecule has 0 spiro atoms. The molecule has 2 rings (SSSR count). The van der Waals surface area contributed by atoms with Crippen LogP contribution in [0.25, 0.3) is 12.2 Å². The Morgan fingerprint density at radius 3 is 1.25 bits per heavy atom. The van der Waals surface area contributed by atoms with Gasteiger partial charge >= 0.3 is 0 Å². The van der Waals surface area contributed by atoms with Gasteiger partial charge in [-0.2, -0.15) is 0 Å². The minimum absolute atomic E-state index is 0. The van der Waals surface area contributed by atoms with E-state index in [-0.39, 0.29) is 21.7 Å². The first-order valence-electron chi connectivity index (χ1n) is 6.81. The first-order chi connectivity index (χ1) is 9.36. The third kappa shape index (κ3) is 8.87. The number of hydrogen-bond donors (Lipinski definition) is 0. The molecule has 0 saturated heterocycles. The smallest absolute Gasteiger partial charge is 0.0135 e. The van der Waals surface area contributed by atoms with E-state index in [4.69, 9.17) is 0 Å². The van der Waals surface area contributed by atoms with E-state index in [0.29, 0.717) is 9.52 Å². The van der Waals surface area contributed by atoms with Crippen molar-refractivity contribution in [2.24, 2.45) is 0 Å². The van der Waals surface area contributed by atoms with Crippen molar-refractivity contribution >= 4 is 21.7 Å². The molecule has 0 nitrogen and oxygen atoms in total. The second kappa shape index (κ2) is 12.9. The van der Waals surface area contributed by atoms with Crippen molar-refractivity contribution in [1.29, 1.82) is 0 Å². The molecule has 2 aromatic rings. The van der Waals surface area contributed by atoms with E-state index in [9.17, 15) is 0 Å². The van der Waals surface area contributed by atoms with Gasteiger partial charge in [0.2, 0.25) is 0 Å². The molecular weight excluding hydrogens is 292 g/mol. The Bertz CT molecular complexity index is 442. The molecule has 0 amide bonds. The minimum Gasteiger partial charge on any atom is -0.0750 e. The average molecular weight is 314 g/mol. The Morgan fingerprint density at radius 1 is 0.650 bits per heavy atom. The fourth-order valence-corrected chi connectivity index (χ4v) is 1.46. The monoisotopic (exact) mass is 314 g/mol.